The van der Waals surface area contributed by atoms with Gasteiger partial charge < -0.3 is 0 Å². The van der Waals surface area contributed by atoms with Gasteiger partial charge in [-0.05, 0) is 19.9 Å². The average Bonchev–Trinajstić information content (AvgIpc) is 2.05. The van der Waals surface area contributed by atoms with Gasteiger partial charge >= 0.3 is 0 Å². The van der Waals surface area contributed by atoms with Gasteiger partial charge in [-0.25, -0.2) is 5.11 Å². The van der Waals surface area contributed by atoms with Crippen molar-refractivity contribution < 1.29 is 5.11 Å². The molecule has 0 bridgehead atoms. The Hall–Kier alpha value is -0.0800. The summed E-state index contributed by atoms with van der Waals surface area (Å²) < 4.78 is 0. The van der Waals surface area contributed by atoms with E-state index in [0.29, 0.717) is 6.04 Å². The Morgan fingerprint density at radius 3 is 2.40 bits per heavy atom. The topological polar surface area (TPSA) is 23.1 Å². The summed E-state index contributed by atoms with van der Waals surface area (Å²) in [5.74, 6) is 0. The van der Waals surface area contributed by atoms with E-state index in [9.17, 15) is 5.11 Å². The predicted molar refractivity (Wildman–Crippen MR) is 40.2 cm³/mol. The van der Waals surface area contributed by atoms with E-state index in [-0.39, 0.29) is 6.73 Å². The number of nitrogens with zero attached hydrogens (tertiary/aromatic N) is 1. The van der Waals surface area contributed by atoms with E-state index in [1.165, 1.54) is 32.1 Å². The van der Waals surface area contributed by atoms with Crippen molar-refractivity contribution >= 4 is 0 Å². The minimum absolute atomic E-state index is 0.0370. The van der Waals surface area contributed by atoms with E-state index in [4.69, 9.17) is 0 Å². The van der Waals surface area contributed by atoms with Crippen LogP contribution in [0.1, 0.15) is 32.1 Å². The van der Waals surface area contributed by atoms with Crippen LogP contribution in [0.2, 0.25) is 0 Å². The second kappa shape index (κ2) is 3.94. The van der Waals surface area contributed by atoms with Crippen LogP contribution in [0.3, 0.4) is 0 Å². The summed E-state index contributed by atoms with van der Waals surface area (Å²) in [6, 6.07) is 0.589. The van der Waals surface area contributed by atoms with Gasteiger partial charge in [0.2, 0.25) is 0 Å². The highest BCUT2D eigenvalue weighted by atomic mass is 16.3. The van der Waals surface area contributed by atoms with Gasteiger partial charge in [-0.15, -0.1) is 0 Å². The smallest absolute Gasteiger partial charge is 0.135 e. The third-order valence-electron chi connectivity index (χ3n) is 2.40. The molecule has 1 aliphatic rings. The Labute approximate surface area is 62.8 Å². The third kappa shape index (κ3) is 1.96. The largest absolute Gasteiger partial charge is 0.278 e. The highest BCUT2D eigenvalue weighted by molar-refractivity contribution is 4.71. The van der Waals surface area contributed by atoms with Gasteiger partial charge in [0.1, 0.15) is 6.73 Å². The van der Waals surface area contributed by atoms with Crippen LogP contribution in [-0.4, -0.2) is 24.7 Å². The van der Waals surface area contributed by atoms with Gasteiger partial charge in [-0.3, -0.25) is 4.90 Å². The van der Waals surface area contributed by atoms with Gasteiger partial charge in [-0.2, -0.15) is 0 Å². The fourth-order valence-electron chi connectivity index (χ4n) is 1.63. The molecule has 0 saturated heterocycles. The first kappa shape index (κ1) is 8.02. The van der Waals surface area contributed by atoms with Gasteiger partial charge in [-0.1, -0.05) is 19.3 Å². The first-order valence-electron chi connectivity index (χ1n) is 4.13. The molecular weight excluding hydrogens is 126 g/mol. The summed E-state index contributed by atoms with van der Waals surface area (Å²) in [5, 5.41) is 10.5. The van der Waals surface area contributed by atoms with Crippen LogP contribution in [0.4, 0.5) is 0 Å². The van der Waals surface area contributed by atoms with Crippen molar-refractivity contribution in [1.82, 2.24) is 4.90 Å². The average molecular weight is 142 g/mol. The molecule has 1 aliphatic carbocycles. The Bertz CT molecular complexity index is 89.3. The van der Waals surface area contributed by atoms with E-state index in [1.807, 2.05) is 11.9 Å². The summed E-state index contributed by atoms with van der Waals surface area (Å²) in [5.41, 5.74) is 0. The molecule has 1 saturated carbocycles. The molecule has 0 amide bonds. The van der Waals surface area contributed by atoms with E-state index >= 15 is 0 Å². The Kier molecular flexibility index (Phi) is 3.16. The second-order valence-electron chi connectivity index (χ2n) is 3.18. The second-order valence-corrected chi connectivity index (χ2v) is 3.18. The van der Waals surface area contributed by atoms with Crippen LogP contribution in [0.25, 0.3) is 0 Å². The molecule has 0 unspecified atom stereocenters. The van der Waals surface area contributed by atoms with Gasteiger partial charge in [0.25, 0.3) is 0 Å². The molecule has 10 heavy (non-hydrogen) atoms. The lowest BCUT2D eigenvalue weighted by atomic mass is 9.95. The SMILES string of the molecule is CN(C[O])C1CCCCC1. The van der Waals surface area contributed by atoms with Crippen molar-refractivity contribution in [2.24, 2.45) is 0 Å². The molecule has 1 fully saturated rings. The molecule has 0 aromatic rings. The summed E-state index contributed by atoms with van der Waals surface area (Å²) in [4.78, 5) is 1.93. The molecule has 0 aromatic heterocycles. The fourth-order valence-corrected chi connectivity index (χ4v) is 1.63. The zero-order valence-corrected chi connectivity index (χ0v) is 6.68. The van der Waals surface area contributed by atoms with Gasteiger partial charge in [0.15, 0.2) is 0 Å². The van der Waals surface area contributed by atoms with Gasteiger partial charge in [0, 0.05) is 6.04 Å². The highest BCUT2D eigenvalue weighted by Gasteiger charge is 2.16. The summed E-state index contributed by atoms with van der Waals surface area (Å²) >= 11 is 0. The highest BCUT2D eigenvalue weighted by Crippen LogP contribution is 2.20. The monoisotopic (exact) mass is 142 g/mol. The molecule has 0 heterocycles. The van der Waals surface area contributed by atoms with Crippen LogP contribution in [0.5, 0.6) is 0 Å². The maximum atomic E-state index is 10.5. The molecule has 0 aromatic carbocycles. The fraction of sp³-hybridized carbons (Fsp3) is 1.00. The Morgan fingerprint density at radius 2 is 1.90 bits per heavy atom. The van der Waals surface area contributed by atoms with Crippen LogP contribution in [-0.2, 0) is 5.11 Å². The summed E-state index contributed by atoms with van der Waals surface area (Å²) in [6.45, 7) is -0.0370. The van der Waals surface area contributed by atoms with E-state index < -0.39 is 0 Å². The molecule has 0 spiro atoms. The van der Waals surface area contributed by atoms with Crippen molar-refractivity contribution in [1.29, 1.82) is 0 Å². The van der Waals surface area contributed by atoms with Crippen molar-refractivity contribution in [3.05, 3.63) is 0 Å². The number of hydrogen-bond acceptors (Lipinski definition) is 1. The molecule has 59 valence electrons. The Balaban J connectivity index is 2.24. The number of rotatable bonds is 2. The van der Waals surface area contributed by atoms with Crippen molar-refractivity contribution in [3.8, 4) is 0 Å². The molecule has 2 nitrogen and oxygen atoms in total. The molecule has 0 atom stereocenters. The first-order chi connectivity index (χ1) is 4.84. The minimum Gasteiger partial charge on any atom is -0.278 e. The van der Waals surface area contributed by atoms with E-state index in [0.717, 1.165) is 0 Å². The molecule has 2 heteroatoms. The summed E-state index contributed by atoms with van der Waals surface area (Å²) in [7, 11) is 1.93. The molecule has 0 aliphatic heterocycles. The third-order valence-corrected chi connectivity index (χ3v) is 2.40. The maximum absolute atomic E-state index is 10.5. The molecular formula is C8H16NO. The minimum atomic E-state index is -0.0370. The zero-order chi connectivity index (χ0) is 7.40. The van der Waals surface area contributed by atoms with Crippen LogP contribution in [0, 0.1) is 0 Å². The quantitative estimate of drug-likeness (QED) is 0.537. The number of hydrogen-bond donors (Lipinski definition) is 0. The standard InChI is InChI=1S/C8H16NO/c1-9(7-10)8-5-3-2-4-6-8/h8H,2-7H2,1H3. The van der Waals surface area contributed by atoms with Crippen LogP contribution in [0.15, 0.2) is 0 Å². The lowest BCUT2D eigenvalue weighted by Gasteiger charge is -2.28. The lowest BCUT2D eigenvalue weighted by Crippen LogP contribution is -2.33. The lowest BCUT2D eigenvalue weighted by molar-refractivity contribution is 0.0298. The predicted octanol–water partition coefficient (Wildman–Crippen LogP) is 1.64. The van der Waals surface area contributed by atoms with Gasteiger partial charge in [0.05, 0.1) is 0 Å². The van der Waals surface area contributed by atoms with E-state index in [1.54, 1.807) is 0 Å². The molecule has 1 rings (SSSR count). The van der Waals surface area contributed by atoms with Crippen LogP contribution >= 0.6 is 0 Å². The van der Waals surface area contributed by atoms with Crippen molar-refractivity contribution in [3.63, 3.8) is 0 Å². The van der Waals surface area contributed by atoms with E-state index in [2.05, 4.69) is 0 Å². The molecule has 0 N–H and O–H groups in total. The normalized spacial score (nSPS) is 21.9. The summed E-state index contributed by atoms with van der Waals surface area (Å²) in [6.07, 6.45) is 6.46. The maximum Gasteiger partial charge on any atom is 0.135 e. The van der Waals surface area contributed by atoms with Crippen molar-refractivity contribution in [2.75, 3.05) is 13.8 Å². The molecule has 1 radical (unpaired) electrons. The Morgan fingerprint density at radius 1 is 1.30 bits per heavy atom. The van der Waals surface area contributed by atoms with Crippen molar-refractivity contribution in [2.45, 2.75) is 38.1 Å². The zero-order valence-electron chi connectivity index (χ0n) is 6.68. The van der Waals surface area contributed by atoms with Crippen LogP contribution < -0.4 is 0 Å². The first-order valence-corrected chi connectivity index (χ1v) is 4.13.